The van der Waals surface area contributed by atoms with Gasteiger partial charge < -0.3 is 16.0 Å². The van der Waals surface area contributed by atoms with Gasteiger partial charge in [0.2, 0.25) is 0 Å². The molecule has 18 heavy (non-hydrogen) atoms. The number of nitrogens with zero attached hydrogens (tertiary/aromatic N) is 1. The molecule has 1 aromatic rings. The summed E-state index contributed by atoms with van der Waals surface area (Å²) < 4.78 is 0. The zero-order valence-electron chi connectivity index (χ0n) is 11.6. The normalized spacial score (nSPS) is 10.7. The Morgan fingerprint density at radius 2 is 2.17 bits per heavy atom. The van der Waals surface area contributed by atoms with E-state index in [1.807, 2.05) is 6.07 Å². The maximum Gasteiger partial charge on any atom is 0.265 e. The van der Waals surface area contributed by atoms with Crippen LogP contribution in [0.15, 0.2) is 6.07 Å². The Kier molecular flexibility index (Phi) is 5.47. The van der Waals surface area contributed by atoms with Crippen molar-refractivity contribution in [3.8, 4) is 0 Å². The second-order valence-electron chi connectivity index (χ2n) is 5.06. The SMILES string of the molecule is CC(C)CCCNc1cc(N)c(C(=O)N(C)C)s1. The van der Waals surface area contributed by atoms with Crippen molar-refractivity contribution in [2.75, 3.05) is 31.7 Å². The lowest BCUT2D eigenvalue weighted by Gasteiger charge is -2.08. The number of carbonyl (C=O) groups excluding carboxylic acids is 1. The summed E-state index contributed by atoms with van der Waals surface area (Å²) in [7, 11) is 3.47. The van der Waals surface area contributed by atoms with Crippen molar-refractivity contribution in [1.29, 1.82) is 0 Å². The number of hydrogen-bond donors (Lipinski definition) is 2. The number of hydrogen-bond acceptors (Lipinski definition) is 4. The van der Waals surface area contributed by atoms with Crippen LogP contribution in [0.4, 0.5) is 10.7 Å². The quantitative estimate of drug-likeness (QED) is 0.781. The number of amides is 1. The summed E-state index contributed by atoms with van der Waals surface area (Å²) in [6, 6.07) is 1.84. The van der Waals surface area contributed by atoms with Crippen molar-refractivity contribution in [1.82, 2.24) is 4.90 Å². The number of carbonyl (C=O) groups is 1. The number of anilines is 2. The molecule has 0 fully saturated rings. The van der Waals surface area contributed by atoms with E-state index in [0.717, 1.165) is 23.9 Å². The van der Waals surface area contributed by atoms with Gasteiger partial charge in [0, 0.05) is 20.6 Å². The van der Waals surface area contributed by atoms with Gasteiger partial charge in [-0.3, -0.25) is 4.79 Å². The molecule has 1 aromatic heterocycles. The molecular formula is C13H23N3OS. The molecule has 0 aliphatic heterocycles. The lowest BCUT2D eigenvalue weighted by molar-refractivity contribution is 0.0833. The third kappa shape index (κ3) is 4.22. The van der Waals surface area contributed by atoms with Gasteiger partial charge in [-0.1, -0.05) is 13.8 Å². The lowest BCUT2D eigenvalue weighted by atomic mass is 10.1. The van der Waals surface area contributed by atoms with Crippen molar-refractivity contribution in [2.45, 2.75) is 26.7 Å². The number of rotatable bonds is 6. The van der Waals surface area contributed by atoms with Crippen LogP contribution in [0.3, 0.4) is 0 Å². The zero-order valence-corrected chi connectivity index (χ0v) is 12.4. The Labute approximate surface area is 113 Å². The standard InChI is InChI=1S/C13H23N3OS/c1-9(2)6-5-7-15-11-8-10(14)12(18-11)13(17)16(3)4/h8-9,15H,5-7,14H2,1-4H3. The Bertz CT molecular complexity index is 399. The number of nitrogens with two attached hydrogens (primary N) is 1. The van der Waals surface area contributed by atoms with E-state index in [0.29, 0.717) is 10.6 Å². The van der Waals surface area contributed by atoms with Crippen LogP contribution in [0.5, 0.6) is 0 Å². The monoisotopic (exact) mass is 269 g/mol. The van der Waals surface area contributed by atoms with E-state index in [9.17, 15) is 4.79 Å². The molecule has 0 aliphatic carbocycles. The van der Waals surface area contributed by atoms with Gasteiger partial charge in [0.05, 0.1) is 10.7 Å². The highest BCUT2D eigenvalue weighted by atomic mass is 32.1. The Balaban J connectivity index is 2.54. The predicted octanol–water partition coefficient (Wildman–Crippen LogP) is 2.88. The van der Waals surface area contributed by atoms with Crippen LogP contribution in [0.25, 0.3) is 0 Å². The maximum absolute atomic E-state index is 11.8. The molecule has 0 spiro atoms. The largest absolute Gasteiger partial charge is 0.397 e. The van der Waals surface area contributed by atoms with Crippen molar-refractivity contribution in [3.05, 3.63) is 10.9 Å². The molecule has 3 N–H and O–H groups in total. The third-order valence-corrected chi connectivity index (χ3v) is 3.72. The molecule has 0 saturated carbocycles. The fourth-order valence-corrected chi connectivity index (χ4v) is 2.61. The molecule has 0 radical (unpaired) electrons. The highest BCUT2D eigenvalue weighted by molar-refractivity contribution is 7.18. The smallest absolute Gasteiger partial charge is 0.265 e. The lowest BCUT2D eigenvalue weighted by Crippen LogP contribution is -2.21. The van der Waals surface area contributed by atoms with E-state index in [-0.39, 0.29) is 5.91 Å². The average Bonchev–Trinajstić information content (AvgIpc) is 2.64. The molecule has 1 heterocycles. The molecular weight excluding hydrogens is 246 g/mol. The summed E-state index contributed by atoms with van der Waals surface area (Å²) in [5, 5.41) is 4.30. The van der Waals surface area contributed by atoms with Gasteiger partial charge >= 0.3 is 0 Å². The molecule has 0 unspecified atom stereocenters. The van der Waals surface area contributed by atoms with Gasteiger partial charge in [0.1, 0.15) is 4.88 Å². The second kappa shape index (κ2) is 6.64. The van der Waals surface area contributed by atoms with Crippen LogP contribution >= 0.6 is 11.3 Å². The van der Waals surface area contributed by atoms with Crippen molar-refractivity contribution in [2.24, 2.45) is 5.92 Å². The van der Waals surface area contributed by atoms with Gasteiger partial charge in [-0.25, -0.2) is 0 Å². The average molecular weight is 269 g/mol. The van der Waals surface area contributed by atoms with Crippen molar-refractivity contribution in [3.63, 3.8) is 0 Å². The van der Waals surface area contributed by atoms with Gasteiger partial charge in [-0.15, -0.1) is 11.3 Å². The minimum atomic E-state index is -0.0345. The Hall–Kier alpha value is -1.23. The maximum atomic E-state index is 11.8. The molecule has 0 aliphatic rings. The van der Waals surface area contributed by atoms with E-state index in [1.165, 1.54) is 17.8 Å². The molecule has 1 rings (SSSR count). The number of thiophene rings is 1. The highest BCUT2D eigenvalue weighted by Crippen LogP contribution is 2.29. The fraction of sp³-hybridized carbons (Fsp3) is 0.615. The minimum absolute atomic E-state index is 0.0345. The summed E-state index contributed by atoms with van der Waals surface area (Å²) in [6.45, 7) is 5.36. The first kappa shape index (κ1) is 14.8. The first-order valence-electron chi connectivity index (χ1n) is 6.26. The Morgan fingerprint density at radius 3 is 2.72 bits per heavy atom. The molecule has 0 bridgehead atoms. The van der Waals surface area contributed by atoms with Crippen molar-refractivity contribution >= 4 is 27.9 Å². The van der Waals surface area contributed by atoms with Crippen LogP contribution < -0.4 is 11.1 Å². The zero-order chi connectivity index (χ0) is 13.7. The predicted molar refractivity (Wildman–Crippen MR) is 79.3 cm³/mol. The third-order valence-electron chi connectivity index (χ3n) is 2.62. The number of nitrogen functional groups attached to an aromatic ring is 1. The van der Waals surface area contributed by atoms with Gasteiger partial charge in [-0.2, -0.15) is 0 Å². The van der Waals surface area contributed by atoms with Crippen molar-refractivity contribution < 1.29 is 4.79 Å². The van der Waals surface area contributed by atoms with Crippen LogP contribution in [-0.2, 0) is 0 Å². The summed E-state index contributed by atoms with van der Waals surface area (Å²) in [5.41, 5.74) is 6.42. The minimum Gasteiger partial charge on any atom is -0.397 e. The van der Waals surface area contributed by atoms with E-state index in [2.05, 4.69) is 19.2 Å². The molecule has 0 atom stereocenters. The molecule has 102 valence electrons. The molecule has 4 nitrogen and oxygen atoms in total. The van der Waals surface area contributed by atoms with Gasteiger partial charge in [-0.05, 0) is 24.8 Å². The van der Waals surface area contributed by atoms with Gasteiger partial charge in [0.15, 0.2) is 0 Å². The van der Waals surface area contributed by atoms with E-state index in [1.54, 1.807) is 19.0 Å². The van der Waals surface area contributed by atoms with Crippen LogP contribution in [0.1, 0.15) is 36.4 Å². The summed E-state index contributed by atoms with van der Waals surface area (Å²) in [4.78, 5) is 14.0. The summed E-state index contributed by atoms with van der Waals surface area (Å²) in [5.74, 6) is 0.693. The van der Waals surface area contributed by atoms with Crippen LogP contribution in [0.2, 0.25) is 0 Å². The first-order chi connectivity index (χ1) is 8.41. The van der Waals surface area contributed by atoms with E-state index >= 15 is 0 Å². The summed E-state index contributed by atoms with van der Waals surface area (Å²) >= 11 is 1.43. The molecule has 0 saturated heterocycles. The topological polar surface area (TPSA) is 58.4 Å². The van der Waals surface area contributed by atoms with Crippen LogP contribution in [0, 0.1) is 5.92 Å². The molecule has 5 heteroatoms. The fourth-order valence-electron chi connectivity index (χ4n) is 1.58. The Morgan fingerprint density at radius 1 is 1.50 bits per heavy atom. The highest BCUT2D eigenvalue weighted by Gasteiger charge is 2.15. The summed E-state index contributed by atoms with van der Waals surface area (Å²) in [6.07, 6.45) is 2.34. The van der Waals surface area contributed by atoms with E-state index in [4.69, 9.17) is 5.73 Å². The molecule has 1 amide bonds. The molecule has 0 aromatic carbocycles. The van der Waals surface area contributed by atoms with Gasteiger partial charge in [0.25, 0.3) is 5.91 Å². The first-order valence-corrected chi connectivity index (χ1v) is 7.08. The van der Waals surface area contributed by atoms with Crippen LogP contribution in [-0.4, -0.2) is 31.4 Å². The number of nitrogens with one attached hydrogen (secondary N) is 1. The van der Waals surface area contributed by atoms with E-state index < -0.39 is 0 Å². The second-order valence-corrected chi connectivity index (χ2v) is 6.11.